The summed E-state index contributed by atoms with van der Waals surface area (Å²) in [4.78, 5) is 23.5. The number of hydrogen-bond donors (Lipinski definition) is 1. The molecule has 0 atom stereocenters. The van der Waals surface area contributed by atoms with E-state index in [1.807, 2.05) is 30.1 Å². The molecule has 3 aromatic heterocycles. The second-order valence-electron chi connectivity index (χ2n) is 8.87. The van der Waals surface area contributed by atoms with Crippen LogP contribution in [0.4, 0.5) is 14.6 Å². The predicted octanol–water partition coefficient (Wildman–Crippen LogP) is 4.41. The van der Waals surface area contributed by atoms with Gasteiger partial charge in [-0.3, -0.25) is 9.20 Å². The summed E-state index contributed by atoms with van der Waals surface area (Å²) in [5.74, 6) is 0.837. The van der Waals surface area contributed by atoms with Gasteiger partial charge >= 0.3 is 6.61 Å². The van der Waals surface area contributed by atoms with Crippen LogP contribution in [-0.2, 0) is 0 Å². The van der Waals surface area contributed by atoms with Crippen LogP contribution in [0.1, 0.15) is 23.2 Å². The fourth-order valence-corrected chi connectivity index (χ4v) is 4.06. The Morgan fingerprint density at radius 3 is 2.71 bits per heavy atom. The van der Waals surface area contributed by atoms with Gasteiger partial charge in [0, 0.05) is 37.1 Å². The lowest BCUT2D eigenvalue weighted by Gasteiger charge is -2.18. The van der Waals surface area contributed by atoms with Crippen LogP contribution in [-0.4, -0.2) is 60.2 Å². The van der Waals surface area contributed by atoms with Gasteiger partial charge in [0.05, 0.1) is 25.5 Å². The average molecular weight is 524 g/mol. The van der Waals surface area contributed by atoms with Gasteiger partial charge in [-0.05, 0) is 43.2 Å². The molecule has 1 N–H and O–H groups in total. The Bertz CT molecular complexity index is 1430. The number of pyridine rings is 2. The average Bonchev–Trinajstić information content (AvgIpc) is 3.63. The monoisotopic (exact) mass is 523 g/mol. The largest absolute Gasteiger partial charge is 0.496 e. The molecule has 0 aliphatic heterocycles. The maximum atomic E-state index is 13.3. The molecule has 1 aliphatic carbocycles. The summed E-state index contributed by atoms with van der Waals surface area (Å²) >= 11 is 0. The molecule has 38 heavy (non-hydrogen) atoms. The maximum Gasteiger partial charge on any atom is 0.387 e. The van der Waals surface area contributed by atoms with E-state index in [1.54, 1.807) is 41.2 Å². The summed E-state index contributed by atoms with van der Waals surface area (Å²) < 4.78 is 44.4. The van der Waals surface area contributed by atoms with Gasteiger partial charge in [-0.15, -0.1) is 0 Å². The zero-order valence-corrected chi connectivity index (χ0v) is 20.9. The number of carbonyl (C=O) groups is 1. The van der Waals surface area contributed by atoms with Crippen LogP contribution in [0.3, 0.4) is 0 Å². The number of hydrogen-bond acceptors (Lipinski definition) is 7. The molecule has 1 aliphatic rings. The van der Waals surface area contributed by atoms with E-state index in [-0.39, 0.29) is 23.1 Å². The van der Waals surface area contributed by atoms with Crippen molar-refractivity contribution >= 4 is 17.4 Å². The summed E-state index contributed by atoms with van der Waals surface area (Å²) in [7, 11) is 3.32. The molecule has 11 heteroatoms. The topological polar surface area (TPSA) is 90.2 Å². The smallest absolute Gasteiger partial charge is 0.387 e. The molecule has 1 fully saturated rings. The number of nitrogens with one attached hydrogen (secondary N) is 1. The second kappa shape index (κ2) is 10.9. The highest BCUT2D eigenvalue weighted by Gasteiger charge is 2.29. The van der Waals surface area contributed by atoms with E-state index in [0.717, 1.165) is 18.7 Å². The molecule has 9 nitrogen and oxygen atoms in total. The Morgan fingerprint density at radius 2 is 2.00 bits per heavy atom. The minimum Gasteiger partial charge on any atom is -0.496 e. The molecule has 0 bridgehead atoms. The van der Waals surface area contributed by atoms with Crippen LogP contribution in [0, 0.1) is 0 Å². The highest BCUT2D eigenvalue weighted by atomic mass is 19.3. The first kappa shape index (κ1) is 25.2. The van der Waals surface area contributed by atoms with Crippen molar-refractivity contribution in [2.45, 2.75) is 25.5 Å². The number of amides is 1. The quantitative estimate of drug-likeness (QED) is 0.311. The van der Waals surface area contributed by atoms with Crippen molar-refractivity contribution in [3.63, 3.8) is 0 Å². The number of likely N-dealkylation sites (N-methyl/N-ethyl adjacent to an activating group) is 1. The Morgan fingerprint density at radius 1 is 1.18 bits per heavy atom. The number of fused-ring (bicyclic) bond motifs is 1. The molecule has 1 aromatic carbocycles. The summed E-state index contributed by atoms with van der Waals surface area (Å²) in [5.41, 5.74) is 1.64. The lowest BCUT2D eigenvalue weighted by atomic mass is 10.1. The van der Waals surface area contributed by atoms with Crippen molar-refractivity contribution in [2.24, 2.45) is 0 Å². The first-order chi connectivity index (χ1) is 18.4. The molecule has 4 aromatic rings. The molecular formula is C27H27F2N5O4. The van der Waals surface area contributed by atoms with Crippen molar-refractivity contribution in [3.8, 4) is 28.5 Å². The number of alkyl halides is 2. The van der Waals surface area contributed by atoms with Crippen molar-refractivity contribution in [3.05, 3.63) is 66.6 Å². The van der Waals surface area contributed by atoms with Crippen LogP contribution < -0.4 is 24.4 Å². The maximum absolute atomic E-state index is 13.3. The fourth-order valence-electron chi connectivity index (χ4n) is 4.06. The third-order valence-corrected chi connectivity index (χ3v) is 6.16. The Labute approximate surface area is 218 Å². The number of aromatic nitrogens is 3. The standard InChI is InChI=1S/C27H27F2N5O4/c1-33(23-5-3-4-9-30-23)11-12-37-19-8-10-34-20(16-31-24(34)15-19)17-13-21(36-2)25(22(14-17)38-27(28)29)26(35)32-18-6-7-18/h3-5,8-10,13-16,18,27H,6-7,11-12H2,1-2H3,(H,32,35). The van der Waals surface area contributed by atoms with Crippen LogP contribution in [0.25, 0.3) is 16.9 Å². The number of methoxy groups -OCH3 is 1. The molecule has 1 saturated carbocycles. The molecule has 3 heterocycles. The van der Waals surface area contributed by atoms with E-state index in [4.69, 9.17) is 14.2 Å². The highest BCUT2D eigenvalue weighted by Crippen LogP contribution is 2.37. The molecule has 0 radical (unpaired) electrons. The zero-order valence-electron chi connectivity index (χ0n) is 20.9. The number of rotatable bonds is 11. The van der Waals surface area contributed by atoms with Crippen molar-refractivity contribution in [1.82, 2.24) is 19.7 Å². The summed E-state index contributed by atoms with van der Waals surface area (Å²) in [6.45, 7) is -2.04. The Balaban J connectivity index is 1.37. The van der Waals surface area contributed by atoms with E-state index >= 15 is 0 Å². The minimum absolute atomic E-state index is 0.0388. The third-order valence-electron chi connectivity index (χ3n) is 6.16. The van der Waals surface area contributed by atoms with E-state index in [1.165, 1.54) is 13.2 Å². The van der Waals surface area contributed by atoms with Crippen molar-refractivity contribution < 1.29 is 27.8 Å². The molecule has 198 valence electrons. The van der Waals surface area contributed by atoms with Gasteiger partial charge in [0.2, 0.25) is 0 Å². The number of nitrogens with zero attached hydrogens (tertiary/aromatic N) is 4. The number of halogens is 2. The van der Waals surface area contributed by atoms with Crippen LogP contribution >= 0.6 is 0 Å². The normalized spacial score (nSPS) is 13.0. The third kappa shape index (κ3) is 5.61. The Hall–Kier alpha value is -4.41. The van der Waals surface area contributed by atoms with Gasteiger partial charge in [0.25, 0.3) is 5.91 Å². The van der Waals surface area contributed by atoms with Crippen molar-refractivity contribution in [2.75, 3.05) is 32.2 Å². The molecule has 0 unspecified atom stereocenters. The van der Waals surface area contributed by atoms with Gasteiger partial charge in [-0.1, -0.05) is 6.07 Å². The molecular weight excluding hydrogens is 496 g/mol. The molecule has 0 spiro atoms. The molecule has 0 saturated heterocycles. The summed E-state index contributed by atoms with van der Waals surface area (Å²) in [6, 6.07) is 12.4. The Kier molecular flexibility index (Phi) is 7.25. The van der Waals surface area contributed by atoms with E-state index in [0.29, 0.717) is 35.8 Å². The molecule has 5 rings (SSSR count). The van der Waals surface area contributed by atoms with Gasteiger partial charge in [-0.2, -0.15) is 8.78 Å². The number of imidazole rings is 1. The summed E-state index contributed by atoms with van der Waals surface area (Å²) in [5, 5.41) is 2.80. The number of anilines is 1. The minimum atomic E-state index is -3.11. The second-order valence-corrected chi connectivity index (χ2v) is 8.87. The highest BCUT2D eigenvalue weighted by molar-refractivity contribution is 6.01. The first-order valence-corrected chi connectivity index (χ1v) is 12.1. The number of carbonyl (C=O) groups excluding carboxylic acids is 1. The summed E-state index contributed by atoms with van der Waals surface area (Å²) in [6.07, 6.45) is 6.84. The van der Waals surface area contributed by atoms with E-state index in [2.05, 4.69) is 15.3 Å². The number of ether oxygens (including phenoxy) is 3. The van der Waals surface area contributed by atoms with Gasteiger partial charge in [0.1, 0.15) is 40.9 Å². The van der Waals surface area contributed by atoms with Crippen LogP contribution in [0.15, 0.2) is 61.1 Å². The van der Waals surface area contributed by atoms with Gasteiger partial charge in [0.15, 0.2) is 0 Å². The zero-order chi connectivity index (χ0) is 26.6. The first-order valence-electron chi connectivity index (χ1n) is 12.1. The van der Waals surface area contributed by atoms with Gasteiger partial charge in [-0.25, -0.2) is 9.97 Å². The van der Waals surface area contributed by atoms with Crippen LogP contribution in [0.5, 0.6) is 17.2 Å². The van der Waals surface area contributed by atoms with E-state index in [9.17, 15) is 13.6 Å². The van der Waals surface area contributed by atoms with E-state index < -0.39 is 12.5 Å². The predicted molar refractivity (Wildman–Crippen MR) is 137 cm³/mol. The lowest BCUT2D eigenvalue weighted by molar-refractivity contribution is -0.0502. The fraction of sp³-hybridized carbons (Fsp3) is 0.296. The van der Waals surface area contributed by atoms with Crippen molar-refractivity contribution in [1.29, 1.82) is 0 Å². The van der Waals surface area contributed by atoms with Gasteiger partial charge < -0.3 is 24.4 Å². The lowest BCUT2D eigenvalue weighted by Crippen LogP contribution is -2.26. The SMILES string of the molecule is COc1cc(-c2cnc3cc(OCCN(C)c4ccccn4)ccn23)cc(OC(F)F)c1C(=O)NC1CC1. The molecule has 1 amide bonds. The van der Waals surface area contributed by atoms with Crippen LogP contribution in [0.2, 0.25) is 0 Å². The number of benzene rings is 1.